The van der Waals surface area contributed by atoms with Gasteiger partial charge >= 0.3 is 0 Å². The molecule has 1 fully saturated rings. The molecule has 1 aliphatic heterocycles. The number of rotatable bonds is 5. The molecule has 3 aromatic heterocycles. The quantitative estimate of drug-likeness (QED) is 0.305. The SMILES string of the molecule is Cc1nc2ccc(Oc3ccc4ncc(-c5c(C)nn(CC6CCN(C)CC6)c5C)nc4c3Cl)cc2[nH]1. The summed E-state index contributed by atoms with van der Waals surface area (Å²) in [6.45, 7) is 9.30. The molecule has 6 rings (SSSR count). The van der Waals surface area contributed by atoms with E-state index < -0.39 is 0 Å². The molecule has 1 saturated heterocycles. The third kappa shape index (κ3) is 4.55. The molecular formula is C28H30ClN7O. The zero-order chi connectivity index (χ0) is 25.7. The van der Waals surface area contributed by atoms with Crippen LogP contribution < -0.4 is 4.74 Å². The minimum atomic E-state index is 0.432. The van der Waals surface area contributed by atoms with Crippen LogP contribution in [-0.4, -0.2) is 54.8 Å². The maximum absolute atomic E-state index is 6.83. The van der Waals surface area contributed by atoms with E-state index in [-0.39, 0.29) is 0 Å². The van der Waals surface area contributed by atoms with Crippen LogP contribution in [0.1, 0.15) is 30.1 Å². The number of hydrogen-bond donors (Lipinski definition) is 1. The highest BCUT2D eigenvalue weighted by atomic mass is 35.5. The first-order valence-electron chi connectivity index (χ1n) is 12.7. The van der Waals surface area contributed by atoms with Crippen LogP contribution in [0.5, 0.6) is 11.5 Å². The smallest absolute Gasteiger partial charge is 0.148 e. The molecule has 1 N–H and O–H groups in total. The van der Waals surface area contributed by atoms with Gasteiger partial charge in [0.2, 0.25) is 0 Å². The van der Waals surface area contributed by atoms with E-state index in [1.807, 2.05) is 50.4 Å². The lowest BCUT2D eigenvalue weighted by atomic mass is 9.97. The minimum Gasteiger partial charge on any atom is -0.456 e. The Balaban J connectivity index is 1.31. The summed E-state index contributed by atoms with van der Waals surface area (Å²) in [5.41, 5.74) is 6.98. The Kier molecular flexibility index (Phi) is 6.09. The van der Waals surface area contributed by atoms with Crippen molar-refractivity contribution in [3.8, 4) is 22.8 Å². The standard InChI is InChI=1S/C28H30ClN7O/c1-16-26(17(2)36(34-16)15-19-9-11-35(4)12-10-19)24-14-30-22-7-8-25(27(29)28(22)33-24)37-20-5-6-21-23(13-20)32-18(3)31-21/h5-8,13-14,19H,9-12,15H2,1-4H3,(H,31,32). The van der Waals surface area contributed by atoms with E-state index in [0.29, 0.717) is 28.0 Å². The van der Waals surface area contributed by atoms with Gasteiger partial charge in [-0.1, -0.05) is 11.6 Å². The third-order valence-electron chi connectivity index (χ3n) is 7.32. The number of halogens is 1. The van der Waals surface area contributed by atoms with Crippen molar-refractivity contribution < 1.29 is 4.74 Å². The molecule has 1 aliphatic rings. The second-order valence-corrected chi connectivity index (χ2v) is 10.5. The summed E-state index contributed by atoms with van der Waals surface area (Å²) in [4.78, 5) is 19.7. The average molecular weight is 516 g/mol. The first kappa shape index (κ1) is 23.9. The Labute approximate surface area is 220 Å². The van der Waals surface area contributed by atoms with Crippen molar-refractivity contribution in [2.45, 2.75) is 40.2 Å². The number of aromatic nitrogens is 6. The van der Waals surface area contributed by atoms with Crippen molar-refractivity contribution in [2.24, 2.45) is 5.92 Å². The number of hydrogen-bond acceptors (Lipinski definition) is 6. The third-order valence-corrected chi connectivity index (χ3v) is 7.69. The normalized spacial score (nSPS) is 15.2. The van der Waals surface area contributed by atoms with Crippen LogP contribution in [0.25, 0.3) is 33.3 Å². The van der Waals surface area contributed by atoms with Crippen molar-refractivity contribution in [3.05, 3.63) is 58.8 Å². The zero-order valence-corrected chi connectivity index (χ0v) is 22.3. The molecule has 37 heavy (non-hydrogen) atoms. The summed E-state index contributed by atoms with van der Waals surface area (Å²) in [5.74, 6) is 2.70. The molecule has 9 heteroatoms. The fourth-order valence-electron chi connectivity index (χ4n) is 5.27. The van der Waals surface area contributed by atoms with Gasteiger partial charge in [0.1, 0.15) is 27.9 Å². The molecule has 0 unspecified atom stereocenters. The Morgan fingerprint density at radius 1 is 1.05 bits per heavy atom. The fraction of sp³-hybridized carbons (Fsp3) is 0.357. The highest BCUT2D eigenvalue weighted by molar-refractivity contribution is 6.36. The summed E-state index contributed by atoms with van der Waals surface area (Å²) < 4.78 is 8.30. The largest absolute Gasteiger partial charge is 0.456 e. The number of H-pyrrole nitrogens is 1. The molecule has 0 saturated carbocycles. The number of imidazole rings is 1. The highest BCUT2D eigenvalue weighted by Crippen LogP contribution is 2.36. The van der Waals surface area contributed by atoms with Crippen LogP contribution >= 0.6 is 11.6 Å². The van der Waals surface area contributed by atoms with Crippen LogP contribution in [0.4, 0.5) is 0 Å². The second kappa shape index (κ2) is 9.43. The average Bonchev–Trinajstić information content (AvgIpc) is 3.39. The van der Waals surface area contributed by atoms with E-state index >= 15 is 0 Å². The van der Waals surface area contributed by atoms with E-state index in [1.165, 1.54) is 12.8 Å². The predicted molar refractivity (Wildman–Crippen MR) is 146 cm³/mol. The lowest BCUT2D eigenvalue weighted by molar-refractivity contribution is 0.200. The van der Waals surface area contributed by atoms with Gasteiger partial charge in [0.25, 0.3) is 0 Å². The maximum atomic E-state index is 6.83. The molecule has 2 aromatic carbocycles. The Morgan fingerprint density at radius 2 is 1.84 bits per heavy atom. The number of benzene rings is 2. The van der Waals surface area contributed by atoms with E-state index in [0.717, 1.165) is 64.7 Å². The van der Waals surface area contributed by atoms with Crippen molar-refractivity contribution in [1.82, 2.24) is 34.6 Å². The highest BCUT2D eigenvalue weighted by Gasteiger charge is 2.22. The number of nitrogens with zero attached hydrogens (tertiary/aromatic N) is 6. The lowest BCUT2D eigenvalue weighted by Crippen LogP contribution is -2.32. The van der Waals surface area contributed by atoms with Gasteiger partial charge in [-0.15, -0.1) is 0 Å². The molecule has 5 aromatic rings. The molecule has 0 bridgehead atoms. The fourth-order valence-corrected chi connectivity index (χ4v) is 5.51. The van der Waals surface area contributed by atoms with Crippen molar-refractivity contribution in [2.75, 3.05) is 20.1 Å². The first-order valence-corrected chi connectivity index (χ1v) is 13.1. The first-order chi connectivity index (χ1) is 17.9. The van der Waals surface area contributed by atoms with E-state index in [4.69, 9.17) is 26.4 Å². The number of ether oxygens (including phenoxy) is 1. The maximum Gasteiger partial charge on any atom is 0.148 e. The van der Waals surface area contributed by atoms with Gasteiger partial charge in [-0.25, -0.2) is 9.97 Å². The zero-order valence-electron chi connectivity index (χ0n) is 21.5. The second-order valence-electron chi connectivity index (χ2n) is 10.1. The van der Waals surface area contributed by atoms with E-state index in [1.54, 1.807) is 0 Å². The van der Waals surface area contributed by atoms with E-state index in [2.05, 4.69) is 38.5 Å². The predicted octanol–water partition coefficient (Wildman–Crippen LogP) is 6.08. The number of fused-ring (bicyclic) bond motifs is 2. The number of likely N-dealkylation sites (tertiary alicyclic amines) is 1. The Hall–Kier alpha value is -3.49. The van der Waals surface area contributed by atoms with Gasteiger partial charge in [-0.2, -0.15) is 5.10 Å². The van der Waals surface area contributed by atoms with Crippen molar-refractivity contribution >= 4 is 33.7 Å². The monoisotopic (exact) mass is 515 g/mol. The molecule has 0 spiro atoms. The number of aryl methyl sites for hydroxylation is 2. The lowest BCUT2D eigenvalue weighted by Gasteiger charge is -2.29. The summed E-state index contributed by atoms with van der Waals surface area (Å²) >= 11 is 6.83. The molecule has 0 amide bonds. The molecule has 8 nitrogen and oxygen atoms in total. The molecular weight excluding hydrogens is 486 g/mol. The molecule has 0 radical (unpaired) electrons. The summed E-state index contributed by atoms with van der Waals surface area (Å²) in [6, 6.07) is 9.45. The van der Waals surface area contributed by atoms with Gasteiger partial charge < -0.3 is 14.6 Å². The summed E-state index contributed by atoms with van der Waals surface area (Å²) in [7, 11) is 2.19. The van der Waals surface area contributed by atoms with Gasteiger partial charge in [0, 0.05) is 23.9 Å². The summed E-state index contributed by atoms with van der Waals surface area (Å²) in [6.07, 6.45) is 4.21. The van der Waals surface area contributed by atoms with Crippen LogP contribution in [-0.2, 0) is 6.54 Å². The van der Waals surface area contributed by atoms with Gasteiger partial charge in [0.15, 0.2) is 0 Å². The minimum absolute atomic E-state index is 0.432. The van der Waals surface area contributed by atoms with Crippen molar-refractivity contribution in [1.29, 1.82) is 0 Å². The topological polar surface area (TPSA) is 84.8 Å². The van der Waals surface area contributed by atoms with Crippen LogP contribution in [0, 0.1) is 26.7 Å². The van der Waals surface area contributed by atoms with Gasteiger partial charge in [-0.05, 0) is 83.9 Å². The number of piperidine rings is 1. The Bertz CT molecular complexity index is 1610. The van der Waals surface area contributed by atoms with Crippen molar-refractivity contribution in [3.63, 3.8) is 0 Å². The summed E-state index contributed by atoms with van der Waals surface area (Å²) in [5, 5.41) is 5.30. The molecule has 0 aliphatic carbocycles. The van der Waals surface area contributed by atoms with Crippen LogP contribution in [0.15, 0.2) is 36.5 Å². The van der Waals surface area contributed by atoms with Gasteiger partial charge in [-0.3, -0.25) is 9.67 Å². The molecule has 4 heterocycles. The number of aromatic amines is 1. The molecule has 0 atom stereocenters. The molecule has 190 valence electrons. The van der Waals surface area contributed by atoms with E-state index in [9.17, 15) is 0 Å². The Morgan fingerprint density at radius 3 is 2.65 bits per heavy atom. The van der Waals surface area contributed by atoms with Crippen LogP contribution in [0.3, 0.4) is 0 Å². The van der Waals surface area contributed by atoms with Gasteiger partial charge in [0.05, 0.1) is 34.1 Å². The number of nitrogens with one attached hydrogen (secondary N) is 1. The van der Waals surface area contributed by atoms with Crippen LogP contribution in [0.2, 0.25) is 5.02 Å².